The number of carbonyl (C=O) groups excluding carboxylic acids is 1. The van der Waals surface area contributed by atoms with Crippen molar-refractivity contribution in [2.75, 3.05) is 19.7 Å². The molecule has 1 fully saturated rings. The number of hydrogen-bond acceptors (Lipinski definition) is 4. The number of nitrogens with zero attached hydrogens (tertiary/aromatic N) is 1. The smallest absolute Gasteiger partial charge is 0.330 e. The molecular weight excluding hydrogens is 332 g/mol. The summed E-state index contributed by atoms with van der Waals surface area (Å²) in [6.07, 6.45) is -0.682. The van der Waals surface area contributed by atoms with E-state index in [1.807, 2.05) is 30.3 Å². The number of carboxylic acid groups (broad SMARTS) is 1. The number of rotatable bonds is 6. The number of aliphatic carboxylic acids is 1. The molecular formula is C20H22N2O4. The Morgan fingerprint density at radius 3 is 2.42 bits per heavy atom. The van der Waals surface area contributed by atoms with Crippen LogP contribution in [0.5, 0.6) is 0 Å². The van der Waals surface area contributed by atoms with E-state index in [1.54, 1.807) is 30.3 Å². The fraction of sp³-hybridized carbons (Fsp3) is 0.300. The summed E-state index contributed by atoms with van der Waals surface area (Å²) in [6, 6.07) is 17.6. The first kappa shape index (κ1) is 18.1. The summed E-state index contributed by atoms with van der Waals surface area (Å²) in [7, 11) is 0. The van der Waals surface area contributed by atoms with Gasteiger partial charge in [-0.1, -0.05) is 60.7 Å². The summed E-state index contributed by atoms with van der Waals surface area (Å²) in [6.45, 7) is 2.34. The highest BCUT2D eigenvalue weighted by Crippen LogP contribution is 2.15. The molecule has 0 spiro atoms. The molecule has 136 valence electrons. The second-order valence-corrected chi connectivity index (χ2v) is 6.27. The van der Waals surface area contributed by atoms with Crippen molar-refractivity contribution in [1.82, 2.24) is 10.2 Å². The molecule has 1 amide bonds. The third-order valence-electron chi connectivity index (χ3n) is 4.36. The van der Waals surface area contributed by atoms with Gasteiger partial charge in [0.15, 0.2) is 6.04 Å². The fourth-order valence-electron chi connectivity index (χ4n) is 3.01. The third kappa shape index (κ3) is 4.68. The second kappa shape index (κ2) is 8.60. The Morgan fingerprint density at radius 1 is 1.12 bits per heavy atom. The van der Waals surface area contributed by atoms with Gasteiger partial charge in [0.1, 0.15) is 6.10 Å². The van der Waals surface area contributed by atoms with Crippen LogP contribution < -0.4 is 5.32 Å². The van der Waals surface area contributed by atoms with Crippen LogP contribution in [-0.4, -0.2) is 47.7 Å². The summed E-state index contributed by atoms with van der Waals surface area (Å²) in [5, 5.41) is 12.1. The molecule has 6 nitrogen and oxygen atoms in total. The molecule has 0 radical (unpaired) electrons. The standard InChI is InChI=1S/C20H22N2O4/c23-19(21-18(20(24)25)16-9-5-2-6-10-16)17-14-22(11-12-26-17)13-15-7-3-1-4-8-15/h1-10,17-18H,11-14H2,(H,21,23)(H,24,25)/t17-,18+/m1/s1. The Bertz CT molecular complexity index is 736. The van der Waals surface area contributed by atoms with E-state index in [0.29, 0.717) is 18.7 Å². The van der Waals surface area contributed by atoms with Crippen molar-refractivity contribution in [3.63, 3.8) is 0 Å². The number of hydrogen-bond donors (Lipinski definition) is 2. The minimum Gasteiger partial charge on any atom is -0.479 e. The Labute approximate surface area is 152 Å². The van der Waals surface area contributed by atoms with E-state index in [-0.39, 0.29) is 0 Å². The number of benzene rings is 2. The van der Waals surface area contributed by atoms with Crippen LogP contribution in [0.1, 0.15) is 17.2 Å². The monoisotopic (exact) mass is 354 g/mol. The molecule has 2 aromatic rings. The maximum absolute atomic E-state index is 12.6. The molecule has 0 aromatic heterocycles. The summed E-state index contributed by atoms with van der Waals surface area (Å²) >= 11 is 0. The molecule has 6 heteroatoms. The zero-order valence-electron chi connectivity index (χ0n) is 14.4. The Hall–Kier alpha value is -2.70. The van der Waals surface area contributed by atoms with Crippen molar-refractivity contribution >= 4 is 11.9 Å². The normalized spacial score (nSPS) is 18.8. The average molecular weight is 354 g/mol. The molecule has 1 aliphatic heterocycles. The molecule has 2 aromatic carbocycles. The molecule has 1 saturated heterocycles. The van der Waals surface area contributed by atoms with Gasteiger partial charge < -0.3 is 15.2 Å². The first-order valence-corrected chi connectivity index (χ1v) is 8.59. The summed E-state index contributed by atoms with van der Waals surface area (Å²) in [5.74, 6) is -1.50. The van der Waals surface area contributed by atoms with Gasteiger partial charge in [-0.2, -0.15) is 0 Å². The number of morpholine rings is 1. The van der Waals surface area contributed by atoms with Crippen molar-refractivity contribution < 1.29 is 19.4 Å². The first-order chi connectivity index (χ1) is 12.6. The molecule has 26 heavy (non-hydrogen) atoms. The number of carbonyl (C=O) groups is 2. The Balaban J connectivity index is 1.62. The lowest BCUT2D eigenvalue weighted by atomic mass is 10.1. The number of ether oxygens (including phenoxy) is 1. The summed E-state index contributed by atoms with van der Waals surface area (Å²) in [4.78, 5) is 26.3. The van der Waals surface area contributed by atoms with E-state index in [1.165, 1.54) is 5.56 Å². The zero-order valence-corrected chi connectivity index (χ0v) is 14.4. The fourth-order valence-corrected chi connectivity index (χ4v) is 3.01. The van der Waals surface area contributed by atoms with Gasteiger partial charge >= 0.3 is 5.97 Å². The van der Waals surface area contributed by atoms with Gasteiger partial charge in [0.2, 0.25) is 0 Å². The van der Waals surface area contributed by atoms with Gasteiger partial charge in [0, 0.05) is 19.6 Å². The van der Waals surface area contributed by atoms with Crippen molar-refractivity contribution in [3.8, 4) is 0 Å². The van der Waals surface area contributed by atoms with E-state index >= 15 is 0 Å². The highest BCUT2D eigenvalue weighted by molar-refractivity contribution is 5.87. The van der Waals surface area contributed by atoms with Crippen LogP contribution in [0.15, 0.2) is 60.7 Å². The lowest BCUT2D eigenvalue weighted by molar-refractivity contribution is -0.147. The molecule has 1 heterocycles. The van der Waals surface area contributed by atoms with Gasteiger partial charge in [-0.25, -0.2) is 4.79 Å². The van der Waals surface area contributed by atoms with E-state index in [2.05, 4.69) is 10.2 Å². The van der Waals surface area contributed by atoms with Crippen molar-refractivity contribution in [2.24, 2.45) is 0 Å². The number of nitrogens with one attached hydrogen (secondary N) is 1. The summed E-state index contributed by atoms with van der Waals surface area (Å²) < 4.78 is 5.58. The van der Waals surface area contributed by atoms with E-state index in [9.17, 15) is 14.7 Å². The van der Waals surface area contributed by atoms with Crippen molar-refractivity contribution in [1.29, 1.82) is 0 Å². The maximum atomic E-state index is 12.6. The molecule has 2 atom stereocenters. The lowest BCUT2D eigenvalue weighted by Gasteiger charge is -2.32. The molecule has 0 bridgehead atoms. The Kier molecular flexibility index (Phi) is 5.99. The van der Waals surface area contributed by atoms with Crippen molar-refractivity contribution in [3.05, 3.63) is 71.8 Å². The third-order valence-corrected chi connectivity index (χ3v) is 4.36. The van der Waals surface area contributed by atoms with E-state index in [4.69, 9.17) is 4.74 Å². The molecule has 0 saturated carbocycles. The number of amides is 1. The summed E-state index contributed by atoms with van der Waals surface area (Å²) in [5.41, 5.74) is 1.70. The first-order valence-electron chi connectivity index (χ1n) is 8.59. The largest absolute Gasteiger partial charge is 0.479 e. The predicted molar refractivity (Wildman–Crippen MR) is 96.4 cm³/mol. The van der Waals surface area contributed by atoms with Crippen molar-refractivity contribution in [2.45, 2.75) is 18.7 Å². The highest BCUT2D eigenvalue weighted by Gasteiger charge is 2.30. The molecule has 3 rings (SSSR count). The van der Waals surface area contributed by atoms with Gasteiger partial charge in [0.05, 0.1) is 6.61 Å². The van der Waals surface area contributed by atoms with Crippen LogP contribution in [0.3, 0.4) is 0 Å². The Morgan fingerprint density at radius 2 is 1.77 bits per heavy atom. The van der Waals surface area contributed by atoms with E-state index < -0.39 is 24.0 Å². The molecule has 1 aliphatic rings. The van der Waals surface area contributed by atoms with Crippen LogP contribution in [-0.2, 0) is 20.9 Å². The van der Waals surface area contributed by atoms with Crippen LogP contribution in [0.4, 0.5) is 0 Å². The van der Waals surface area contributed by atoms with Crippen LogP contribution in [0.25, 0.3) is 0 Å². The minimum atomic E-state index is -1.10. The molecule has 0 aliphatic carbocycles. The van der Waals surface area contributed by atoms with Crippen LogP contribution in [0, 0.1) is 0 Å². The van der Waals surface area contributed by atoms with Gasteiger partial charge in [0.25, 0.3) is 5.91 Å². The SMILES string of the molecule is O=C(O)[C@@H](NC(=O)[C@H]1CN(Cc2ccccc2)CCO1)c1ccccc1. The highest BCUT2D eigenvalue weighted by atomic mass is 16.5. The predicted octanol–water partition coefficient (Wildman–Crippen LogP) is 1.83. The van der Waals surface area contributed by atoms with Gasteiger partial charge in [-0.05, 0) is 11.1 Å². The minimum absolute atomic E-state index is 0.404. The van der Waals surface area contributed by atoms with Crippen LogP contribution in [0.2, 0.25) is 0 Å². The number of carboxylic acids is 1. The van der Waals surface area contributed by atoms with E-state index in [0.717, 1.165) is 13.1 Å². The quantitative estimate of drug-likeness (QED) is 0.827. The second-order valence-electron chi connectivity index (χ2n) is 6.27. The molecule has 2 N–H and O–H groups in total. The maximum Gasteiger partial charge on any atom is 0.330 e. The topological polar surface area (TPSA) is 78.9 Å². The van der Waals surface area contributed by atoms with Gasteiger partial charge in [-0.15, -0.1) is 0 Å². The van der Waals surface area contributed by atoms with Crippen LogP contribution >= 0.6 is 0 Å². The average Bonchev–Trinajstić information content (AvgIpc) is 2.67. The van der Waals surface area contributed by atoms with Gasteiger partial charge in [-0.3, -0.25) is 9.69 Å². The zero-order chi connectivity index (χ0) is 18.4. The molecule has 0 unspecified atom stereocenters. The lowest BCUT2D eigenvalue weighted by Crippen LogP contribution is -2.50.